The van der Waals surface area contributed by atoms with Gasteiger partial charge in [-0.1, -0.05) is 40.5 Å². The van der Waals surface area contributed by atoms with Gasteiger partial charge < -0.3 is 10.6 Å². The van der Waals surface area contributed by atoms with Crippen molar-refractivity contribution >= 4 is 5.91 Å². The first-order valence-electron chi connectivity index (χ1n) is 6.99. The highest BCUT2D eigenvalue weighted by Gasteiger charge is 2.19. The first kappa shape index (κ1) is 16.4. The average Bonchev–Trinajstić information content (AvgIpc) is 2.30. The van der Waals surface area contributed by atoms with Crippen LogP contribution in [0.4, 0.5) is 0 Å². The highest BCUT2D eigenvalue weighted by Crippen LogP contribution is 2.12. The maximum absolute atomic E-state index is 12.1. The lowest BCUT2D eigenvalue weighted by atomic mass is 10.00. The van der Waals surface area contributed by atoms with Crippen molar-refractivity contribution in [3.05, 3.63) is 0 Å². The Morgan fingerprint density at radius 3 is 2.06 bits per heavy atom. The summed E-state index contributed by atoms with van der Waals surface area (Å²) in [6.45, 7) is 12.2. The molecule has 0 spiro atoms. The van der Waals surface area contributed by atoms with Gasteiger partial charge in [0.25, 0.3) is 0 Å². The smallest absolute Gasteiger partial charge is 0.224 e. The molecule has 0 radical (unpaired) electrons. The standard InChI is InChI=1S/C14H30N2O/c1-6-12(7-2)10-16(8-3)14(17)9-13(15)11(4)5/h11-13H,6-10,15H2,1-5H3. The number of carbonyl (C=O) groups is 1. The van der Waals surface area contributed by atoms with Gasteiger partial charge in [-0.3, -0.25) is 4.79 Å². The van der Waals surface area contributed by atoms with Crippen LogP contribution >= 0.6 is 0 Å². The fraction of sp³-hybridized carbons (Fsp3) is 0.929. The molecule has 0 aromatic rings. The Kier molecular flexibility index (Phi) is 8.23. The van der Waals surface area contributed by atoms with Gasteiger partial charge in [0, 0.05) is 25.6 Å². The molecule has 1 unspecified atom stereocenters. The summed E-state index contributed by atoms with van der Waals surface area (Å²) in [6, 6.07) is -0.0155. The number of hydrogen-bond acceptors (Lipinski definition) is 2. The normalized spacial score (nSPS) is 13.2. The van der Waals surface area contributed by atoms with Crippen LogP contribution in [0.1, 0.15) is 53.9 Å². The van der Waals surface area contributed by atoms with Gasteiger partial charge in [0.2, 0.25) is 5.91 Å². The third-order valence-electron chi connectivity index (χ3n) is 3.63. The fourth-order valence-corrected chi connectivity index (χ4v) is 1.83. The van der Waals surface area contributed by atoms with Gasteiger partial charge in [-0.15, -0.1) is 0 Å². The quantitative estimate of drug-likeness (QED) is 0.711. The largest absolute Gasteiger partial charge is 0.343 e. The molecule has 0 bridgehead atoms. The molecule has 0 heterocycles. The van der Waals surface area contributed by atoms with Gasteiger partial charge in [-0.05, 0) is 18.8 Å². The van der Waals surface area contributed by atoms with Crippen LogP contribution in [-0.2, 0) is 4.79 Å². The molecular formula is C14H30N2O. The summed E-state index contributed by atoms with van der Waals surface area (Å²) in [4.78, 5) is 14.1. The van der Waals surface area contributed by atoms with Gasteiger partial charge >= 0.3 is 0 Å². The van der Waals surface area contributed by atoms with Gasteiger partial charge in [-0.25, -0.2) is 0 Å². The third-order valence-corrected chi connectivity index (χ3v) is 3.63. The monoisotopic (exact) mass is 242 g/mol. The molecule has 0 aliphatic heterocycles. The number of nitrogens with two attached hydrogens (primary N) is 1. The highest BCUT2D eigenvalue weighted by atomic mass is 16.2. The summed E-state index contributed by atoms with van der Waals surface area (Å²) < 4.78 is 0. The van der Waals surface area contributed by atoms with E-state index in [1.54, 1.807) is 0 Å². The van der Waals surface area contributed by atoms with Crippen molar-refractivity contribution in [2.75, 3.05) is 13.1 Å². The number of carbonyl (C=O) groups excluding carboxylic acids is 1. The van der Waals surface area contributed by atoms with Crippen LogP contribution in [0.2, 0.25) is 0 Å². The van der Waals surface area contributed by atoms with Crippen molar-refractivity contribution in [3.63, 3.8) is 0 Å². The summed E-state index contributed by atoms with van der Waals surface area (Å²) in [7, 11) is 0. The fourth-order valence-electron chi connectivity index (χ4n) is 1.83. The van der Waals surface area contributed by atoms with E-state index in [9.17, 15) is 4.79 Å². The SMILES string of the molecule is CCC(CC)CN(CC)C(=O)CC(N)C(C)C. The van der Waals surface area contributed by atoms with E-state index in [0.29, 0.717) is 18.3 Å². The lowest BCUT2D eigenvalue weighted by Crippen LogP contribution is -2.40. The molecule has 0 aromatic heterocycles. The molecule has 0 aromatic carbocycles. The lowest BCUT2D eigenvalue weighted by Gasteiger charge is -2.27. The molecule has 0 aliphatic rings. The second kappa shape index (κ2) is 8.51. The Morgan fingerprint density at radius 1 is 1.18 bits per heavy atom. The summed E-state index contributed by atoms with van der Waals surface area (Å²) in [5.41, 5.74) is 5.96. The molecule has 3 nitrogen and oxygen atoms in total. The van der Waals surface area contributed by atoms with E-state index in [4.69, 9.17) is 5.73 Å². The van der Waals surface area contributed by atoms with Crippen molar-refractivity contribution in [1.29, 1.82) is 0 Å². The Balaban J connectivity index is 4.30. The lowest BCUT2D eigenvalue weighted by molar-refractivity contribution is -0.132. The van der Waals surface area contributed by atoms with E-state index in [2.05, 4.69) is 27.7 Å². The first-order valence-corrected chi connectivity index (χ1v) is 6.99. The van der Waals surface area contributed by atoms with Gasteiger partial charge in [-0.2, -0.15) is 0 Å². The Hall–Kier alpha value is -0.570. The predicted molar refractivity (Wildman–Crippen MR) is 73.8 cm³/mol. The molecule has 1 atom stereocenters. The number of rotatable bonds is 8. The molecule has 0 fully saturated rings. The third kappa shape index (κ3) is 6.06. The molecule has 0 rings (SSSR count). The predicted octanol–water partition coefficient (Wildman–Crippen LogP) is 2.64. The van der Waals surface area contributed by atoms with E-state index in [-0.39, 0.29) is 11.9 Å². The topological polar surface area (TPSA) is 46.3 Å². The van der Waals surface area contributed by atoms with Crippen LogP contribution in [-0.4, -0.2) is 29.9 Å². The van der Waals surface area contributed by atoms with Gasteiger partial charge in [0.15, 0.2) is 0 Å². The van der Waals surface area contributed by atoms with E-state index in [1.165, 1.54) is 0 Å². The minimum Gasteiger partial charge on any atom is -0.343 e. The van der Waals surface area contributed by atoms with Crippen LogP contribution in [0.3, 0.4) is 0 Å². The van der Waals surface area contributed by atoms with E-state index < -0.39 is 0 Å². The Bertz CT molecular complexity index is 212. The molecule has 102 valence electrons. The van der Waals surface area contributed by atoms with Crippen molar-refractivity contribution in [2.45, 2.75) is 59.9 Å². The van der Waals surface area contributed by atoms with E-state index in [1.807, 2.05) is 11.8 Å². The zero-order chi connectivity index (χ0) is 13.4. The van der Waals surface area contributed by atoms with E-state index in [0.717, 1.165) is 25.9 Å². The summed E-state index contributed by atoms with van der Waals surface area (Å²) in [5, 5.41) is 0. The Labute approximate surface area is 107 Å². The molecule has 0 saturated carbocycles. The Morgan fingerprint density at radius 2 is 1.71 bits per heavy atom. The minimum absolute atomic E-state index is 0.0155. The van der Waals surface area contributed by atoms with Crippen molar-refractivity contribution < 1.29 is 4.79 Å². The van der Waals surface area contributed by atoms with Crippen LogP contribution in [0, 0.1) is 11.8 Å². The van der Waals surface area contributed by atoms with Crippen LogP contribution < -0.4 is 5.73 Å². The van der Waals surface area contributed by atoms with Crippen LogP contribution in [0.5, 0.6) is 0 Å². The zero-order valence-electron chi connectivity index (χ0n) is 12.2. The summed E-state index contributed by atoms with van der Waals surface area (Å²) >= 11 is 0. The van der Waals surface area contributed by atoms with Crippen molar-refractivity contribution in [3.8, 4) is 0 Å². The van der Waals surface area contributed by atoms with Crippen molar-refractivity contribution in [1.82, 2.24) is 4.90 Å². The van der Waals surface area contributed by atoms with Gasteiger partial charge in [0.05, 0.1) is 0 Å². The maximum Gasteiger partial charge on any atom is 0.224 e. The average molecular weight is 242 g/mol. The molecule has 2 N–H and O–H groups in total. The number of amides is 1. The number of hydrogen-bond donors (Lipinski definition) is 1. The number of nitrogens with zero attached hydrogens (tertiary/aromatic N) is 1. The van der Waals surface area contributed by atoms with Crippen LogP contribution in [0.15, 0.2) is 0 Å². The molecular weight excluding hydrogens is 212 g/mol. The zero-order valence-corrected chi connectivity index (χ0v) is 12.2. The van der Waals surface area contributed by atoms with Crippen LogP contribution in [0.25, 0.3) is 0 Å². The molecule has 0 saturated heterocycles. The molecule has 0 aliphatic carbocycles. The van der Waals surface area contributed by atoms with Gasteiger partial charge in [0.1, 0.15) is 0 Å². The highest BCUT2D eigenvalue weighted by molar-refractivity contribution is 5.76. The summed E-state index contributed by atoms with van der Waals surface area (Å²) in [6.07, 6.45) is 2.75. The maximum atomic E-state index is 12.1. The molecule has 3 heteroatoms. The van der Waals surface area contributed by atoms with E-state index >= 15 is 0 Å². The molecule has 1 amide bonds. The second-order valence-electron chi connectivity index (χ2n) is 5.23. The molecule has 17 heavy (non-hydrogen) atoms. The minimum atomic E-state index is -0.0155. The first-order chi connectivity index (χ1) is 7.96. The summed E-state index contributed by atoms with van der Waals surface area (Å²) in [5.74, 6) is 1.19. The second-order valence-corrected chi connectivity index (χ2v) is 5.23. The van der Waals surface area contributed by atoms with Crippen molar-refractivity contribution in [2.24, 2.45) is 17.6 Å².